The average molecular weight is 234 g/mol. The zero-order valence-corrected chi connectivity index (χ0v) is 10.5. The number of rotatable bonds is 4. The topological polar surface area (TPSA) is 49.5 Å². The van der Waals surface area contributed by atoms with E-state index < -0.39 is 0 Å². The summed E-state index contributed by atoms with van der Waals surface area (Å²) in [5.41, 5.74) is 8.02. The van der Waals surface area contributed by atoms with Crippen LogP contribution in [-0.2, 0) is 6.42 Å². The largest absolute Gasteiger partial charge is 0.399 e. The number of hydrogen-bond acceptors (Lipinski definition) is 3. The number of anilines is 1. The van der Waals surface area contributed by atoms with Gasteiger partial charge in [-0.3, -0.25) is 4.90 Å². The van der Waals surface area contributed by atoms with Crippen LogP contribution in [0.15, 0.2) is 24.3 Å². The lowest BCUT2D eigenvalue weighted by Gasteiger charge is -2.25. The van der Waals surface area contributed by atoms with Crippen molar-refractivity contribution >= 4 is 5.69 Å². The van der Waals surface area contributed by atoms with Crippen molar-refractivity contribution in [1.29, 1.82) is 0 Å². The van der Waals surface area contributed by atoms with Gasteiger partial charge in [0.05, 0.1) is 6.61 Å². The Hall–Kier alpha value is -1.06. The van der Waals surface area contributed by atoms with Crippen LogP contribution in [0.4, 0.5) is 5.69 Å². The van der Waals surface area contributed by atoms with Crippen molar-refractivity contribution in [2.75, 3.05) is 25.4 Å². The van der Waals surface area contributed by atoms with Gasteiger partial charge in [0.15, 0.2) is 0 Å². The molecule has 0 radical (unpaired) electrons. The molecule has 1 aliphatic heterocycles. The Bertz CT molecular complexity index is 367. The summed E-state index contributed by atoms with van der Waals surface area (Å²) in [5.74, 6) is 0.605. The SMILES string of the molecule is CC1CCN(CCc2ccccc2N)C1CO. The second-order valence-corrected chi connectivity index (χ2v) is 5.00. The molecule has 0 saturated carbocycles. The van der Waals surface area contributed by atoms with E-state index in [1.54, 1.807) is 0 Å². The zero-order chi connectivity index (χ0) is 12.3. The molecule has 0 spiro atoms. The molecule has 3 nitrogen and oxygen atoms in total. The maximum Gasteiger partial charge on any atom is 0.0589 e. The van der Waals surface area contributed by atoms with Crippen LogP contribution in [0.1, 0.15) is 18.9 Å². The van der Waals surface area contributed by atoms with Crippen molar-refractivity contribution in [3.05, 3.63) is 29.8 Å². The van der Waals surface area contributed by atoms with Crippen molar-refractivity contribution < 1.29 is 5.11 Å². The van der Waals surface area contributed by atoms with Crippen LogP contribution in [0, 0.1) is 5.92 Å². The molecule has 1 heterocycles. The minimum absolute atomic E-state index is 0.269. The van der Waals surface area contributed by atoms with E-state index in [1.807, 2.05) is 18.2 Å². The fourth-order valence-electron chi connectivity index (χ4n) is 2.69. The molecule has 2 unspecified atom stereocenters. The second kappa shape index (κ2) is 5.52. The number of benzene rings is 1. The molecule has 3 N–H and O–H groups in total. The molecule has 2 atom stereocenters. The Balaban J connectivity index is 1.92. The highest BCUT2D eigenvalue weighted by atomic mass is 16.3. The van der Waals surface area contributed by atoms with Gasteiger partial charge >= 0.3 is 0 Å². The molecule has 2 rings (SSSR count). The molecule has 0 bridgehead atoms. The molecule has 1 aliphatic rings. The Morgan fingerprint density at radius 2 is 2.18 bits per heavy atom. The number of nitrogen functional groups attached to an aromatic ring is 1. The van der Waals surface area contributed by atoms with Gasteiger partial charge in [0.1, 0.15) is 0 Å². The van der Waals surface area contributed by atoms with Crippen molar-refractivity contribution in [2.45, 2.75) is 25.8 Å². The third kappa shape index (κ3) is 2.79. The predicted molar refractivity (Wildman–Crippen MR) is 70.8 cm³/mol. The molecule has 0 aromatic heterocycles. The van der Waals surface area contributed by atoms with Crippen LogP contribution in [-0.4, -0.2) is 35.7 Å². The van der Waals surface area contributed by atoms with Crippen molar-refractivity contribution in [3.8, 4) is 0 Å². The number of nitrogens with two attached hydrogens (primary N) is 1. The lowest BCUT2D eigenvalue weighted by atomic mass is 10.0. The number of likely N-dealkylation sites (tertiary alicyclic amines) is 1. The van der Waals surface area contributed by atoms with E-state index in [2.05, 4.69) is 17.9 Å². The third-order valence-electron chi connectivity index (χ3n) is 3.91. The second-order valence-electron chi connectivity index (χ2n) is 5.00. The highest BCUT2D eigenvalue weighted by Gasteiger charge is 2.29. The molecule has 1 saturated heterocycles. The minimum Gasteiger partial charge on any atom is -0.399 e. The fraction of sp³-hybridized carbons (Fsp3) is 0.571. The minimum atomic E-state index is 0.269. The van der Waals surface area contributed by atoms with E-state index in [-0.39, 0.29) is 6.61 Å². The van der Waals surface area contributed by atoms with E-state index in [0.29, 0.717) is 12.0 Å². The van der Waals surface area contributed by atoms with Gasteiger partial charge in [-0.05, 0) is 36.9 Å². The van der Waals surface area contributed by atoms with E-state index >= 15 is 0 Å². The summed E-state index contributed by atoms with van der Waals surface area (Å²) in [7, 11) is 0. The quantitative estimate of drug-likeness (QED) is 0.776. The van der Waals surface area contributed by atoms with Gasteiger partial charge in [-0.1, -0.05) is 25.1 Å². The number of aliphatic hydroxyl groups excluding tert-OH is 1. The maximum atomic E-state index is 9.39. The first-order chi connectivity index (χ1) is 8.22. The first-order valence-corrected chi connectivity index (χ1v) is 6.40. The van der Waals surface area contributed by atoms with E-state index in [4.69, 9.17) is 5.73 Å². The van der Waals surface area contributed by atoms with E-state index in [1.165, 1.54) is 12.0 Å². The molecule has 94 valence electrons. The third-order valence-corrected chi connectivity index (χ3v) is 3.91. The molecule has 17 heavy (non-hydrogen) atoms. The first-order valence-electron chi connectivity index (χ1n) is 6.40. The van der Waals surface area contributed by atoms with Crippen LogP contribution in [0.5, 0.6) is 0 Å². The Morgan fingerprint density at radius 1 is 1.41 bits per heavy atom. The number of nitrogens with zero attached hydrogens (tertiary/aromatic N) is 1. The Morgan fingerprint density at radius 3 is 2.88 bits per heavy atom. The van der Waals surface area contributed by atoms with Gasteiger partial charge in [0.25, 0.3) is 0 Å². The molecule has 1 fully saturated rings. The summed E-state index contributed by atoms with van der Waals surface area (Å²) in [6.07, 6.45) is 2.16. The van der Waals surface area contributed by atoms with Crippen molar-refractivity contribution in [3.63, 3.8) is 0 Å². The van der Waals surface area contributed by atoms with E-state index in [0.717, 1.165) is 25.2 Å². The standard InChI is InChI=1S/C14H22N2O/c1-11-6-8-16(14(11)10-17)9-7-12-4-2-3-5-13(12)15/h2-5,11,14,17H,6-10,15H2,1H3. The molecule has 1 aromatic rings. The summed E-state index contributed by atoms with van der Waals surface area (Å²) >= 11 is 0. The highest BCUT2D eigenvalue weighted by Crippen LogP contribution is 2.24. The number of para-hydroxylation sites is 1. The normalized spacial score (nSPS) is 25.3. The smallest absolute Gasteiger partial charge is 0.0589 e. The fourth-order valence-corrected chi connectivity index (χ4v) is 2.69. The van der Waals surface area contributed by atoms with Gasteiger partial charge in [-0.25, -0.2) is 0 Å². The monoisotopic (exact) mass is 234 g/mol. The van der Waals surface area contributed by atoms with Crippen LogP contribution in [0.25, 0.3) is 0 Å². The first kappa shape index (κ1) is 12.4. The van der Waals surface area contributed by atoms with Gasteiger partial charge in [0, 0.05) is 18.3 Å². The summed E-state index contributed by atoms with van der Waals surface area (Å²) in [6.45, 7) is 4.58. The van der Waals surface area contributed by atoms with Crippen molar-refractivity contribution in [1.82, 2.24) is 4.90 Å². The molecule has 0 aliphatic carbocycles. The van der Waals surface area contributed by atoms with Gasteiger partial charge < -0.3 is 10.8 Å². The molecular formula is C14H22N2O. The van der Waals surface area contributed by atoms with E-state index in [9.17, 15) is 5.11 Å². The van der Waals surface area contributed by atoms with Gasteiger partial charge in [-0.15, -0.1) is 0 Å². The molecule has 3 heteroatoms. The summed E-state index contributed by atoms with van der Waals surface area (Å²) < 4.78 is 0. The van der Waals surface area contributed by atoms with Crippen LogP contribution in [0.2, 0.25) is 0 Å². The predicted octanol–water partition coefficient (Wildman–Crippen LogP) is 1.51. The van der Waals surface area contributed by atoms with Gasteiger partial charge in [0.2, 0.25) is 0 Å². The van der Waals surface area contributed by atoms with Crippen molar-refractivity contribution in [2.24, 2.45) is 5.92 Å². The summed E-state index contributed by atoms with van der Waals surface area (Å²) in [6, 6.07) is 8.36. The maximum absolute atomic E-state index is 9.39. The molecular weight excluding hydrogens is 212 g/mol. The van der Waals surface area contributed by atoms with Gasteiger partial charge in [-0.2, -0.15) is 0 Å². The van der Waals surface area contributed by atoms with Crippen LogP contribution < -0.4 is 5.73 Å². The Kier molecular flexibility index (Phi) is 4.02. The number of hydrogen-bond donors (Lipinski definition) is 2. The number of aliphatic hydroxyl groups is 1. The summed E-state index contributed by atoms with van der Waals surface area (Å²) in [5, 5.41) is 9.39. The van der Waals surface area contributed by atoms with Crippen LogP contribution >= 0.6 is 0 Å². The van der Waals surface area contributed by atoms with Crippen LogP contribution in [0.3, 0.4) is 0 Å². The lowest BCUT2D eigenvalue weighted by molar-refractivity contribution is 0.140. The molecule has 0 amide bonds. The molecule has 1 aromatic carbocycles. The summed E-state index contributed by atoms with van der Waals surface area (Å²) in [4.78, 5) is 2.39. The zero-order valence-electron chi connectivity index (χ0n) is 10.5. The highest BCUT2D eigenvalue weighted by molar-refractivity contribution is 5.46. The average Bonchev–Trinajstić information content (AvgIpc) is 2.69. The Labute approximate surface area is 103 Å². The lowest BCUT2D eigenvalue weighted by Crippen LogP contribution is -2.36.